The molecule has 0 aromatic heterocycles. The van der Waals surface area contributed by atoms with Crippen LogP contribution in [0.3, 0.4) is 0 Å². The number of alkyl halides is 3. The quantitative estimate of drug-likeness (QED) is 0.746. The zero-order valence-corrected chi connectivity index (χ0v) is 12.8. The molecular formula is C15H17ClF3NO. The second-order valence-corrected chi connectivity index (χ2v) is 6.27. The molecule has 0 radical (unpaired) electrons. The molecule has 0 atom stereocenters. The minimum atomic E-state index is -4.53. The Morgan fingerprint density at radius 1 is 1.29 bits per heavy atom. The average molecular weight is 320 g/mol. The molecule has 0 fully saturated rings. The lowest BCUT2D eigenvalue weighted by Gasteiger charge is -2.11. The van der Waals surface area contributed by atoms with Gasteiger partial charge in [-0.05, 0) is 23.1 Å². The van der Waals surface area contributed by atoms with Gasteiger partial charge in [-0.2, -0.15) is 13.2 Å². The normalized spacial score (nSPS) is 12.9. The number of ketones is 1. The Labute approximate surface area is 127 Å². The van der Waals surface area contributed by atoms with Crippen molar-refractivity contribution in [3.63, 3.8) is 0 Å². The lowest BCUT2D eigenvalue weighted by Crippen LogP contribution is -2.12. The van der Waals surface area contributed by atoms with Gasteiger partial charge in [0, 0.05) is 12.6 Å². The maximum Gasteiger partial charge on any atom is 0.417 e. The van der Waals surface area contributed by atoms with Gasteiger partial charge in [0.25, 0.3) is 0 Å². The van der Waals surface area contributed by atoms with Crippen molar-refractivity contribution < 1.29 is 18.0 Å². The highest BCUT2D eigenvalue weighted by Gasteiger charge is 2.33. The fraction of sp³-hybridized carbons (Fsp3) is 0.467. The van der Waals surface area contributed by atoms with E-state index in [0.717, 1.165) is 12.1 Å². The summed E-state index contributed by atoms with van der Waals surface area (Å²) in [6, 6.07) is 3.49. The Hall–Kier alpha value is -1.36. The Morgan fingerprint density at radius 2 is 1.90 bits per heavy atom. The zero-order valence-electron chi connectivity index (χ0n) is 12.1. The summed E-state index contributed by atoms with van der Waals surface area (Å²) >= 11 is 5.52. The van der Waals surface area contributed by atoms with E-state index < -0.39 is 11.7 Å². The van der Waals surface area contributed by atoms with Crippen LogP contribution in [0.4, 0.5) is 13.2 Å². The van der Waals surface area contributed by atoms with E-state index in [0.29, 0.717) is 0 Å². The summed E-state index contributed by atoms with van der Waals surface area (Å²) in [6.07, 6.45) is -2.96. The average Bonchev–Trinajstić information content (AvgIpc) is 2.28. The molecule has 6 heteroatoms. The van der Waals surface area contributed by atoms with Gasteiger partial charge in [0.2, 0.25) is 0 Å². The van der Waals surface area contributed by atoms with Crippen molar-refractivity contribution in [1.29, 1.82) is 0 Å². The van der Waals surface area contributed by atoms with Gasteiger partial charge < -0.3 is 0 Å². The number of rotatable bonds is 4. The Bertz CT molecular complexity index is 545. The highest BCUT2D eigenvalue weighted by molar-refractivity contribution is 6.31. The number of aliphatic imine (C=N–C) groups is 1. The first-order chi connectivity index (χ1) is 9.49. The fourth-order valence-corrected chi connectivity index (χ4v) is 1.83. The number of Topliss-reactive ketones (excluding diaryl/α,β-unsaturated/α-hetero) is 1. The lowest BCUT2D eigenvalue weighted by molar-refractivity contribution is -0.137. The third-order valence-corrected chi connectivity index (χ3v) is 2.81. The second-order valence-electron chi connectivity index (χ2n) is 5.86. The largest absolute Gasteiger partial charge is 0.417 e. The third kappa shape index (κ3) is 6.29. The van der Waals surface area contributed by atoms with Crippen molar-refractivity contribution in [1.82, 2.24) is 0 Å². The molecule has 0 N–H and O–H groups in total. The molecule has 0 aliphatic heterocycles. The van der Waals surface area contributed by atoms with Crippen LogP contribution >= 0.6 is 11.6 Å². The number of hydrogen-bond acceptors (Lipinski definition) is 2. The summed E-state index contributed by atoms with van der Waals surface area (Å²) in [5.41, 5.74) is -0.778. The third-order valence-electron chi connectivity index (χ3n) is 2.48. The molecule has 0 bridgehead atoms. The summed E-state index contributed by atoms with van der Waals surface area (Å²) in [4.78, 5) is 15.7. The van der Waals surface area contributed by atoms with Crippen LogP contribution in [0.2, 0.25) is 5.02 Å². The van der Waals surface area contributed by atoms with Gasteiger partial charge in [-0.25, -0.2) is 0 Å². The smallest absolute Gasteiger partial charge is 0.297 e. The van der Waals surface area contributed by atoms with Crippen molar-refractivity contribution in [2.45, 2.75) is 33.4 Å². The topological polar surface area (TPSA) is 29.4 Å². The number of carbonyl (C=O) groups is 1. The second kappa shape index (κ2) is 6.60. The van der Waals surface area contributed by atoms with E-state index in [1.807, 2.05) is 20.8 Å². The Kier molecular flexibility index (Phi) is 5.56. The summed E-state index contributed by atoms with van der Waals surface area (Å²) in [5.74, 6) is -0.244. The molecule has 116 valence electrons. The molecule has 0 saturated heterocycles. The molecule has 0 aliphatic carbocycles. The SMILES string of the molecule is CC(C)(C)C=NCC(=O)Cc1ccc(Cl)c(C(F)(F)F)c1. The molecule has 0 amide bonds. The minimum absolute atomic E-state index is 0.0404. The predicted molar refractivity (Wildman–Crippen MR) is 78.0 cm³/mol. The maximum atomic E-state index is 12.7. The monoisotopic (exact) mass is 319 g/mol. The molecule has 0 spiro atoms. The summed E-state index contributed by atoms with van der Waals surface area (Å²) in [5, 5.41) is -0.371. The van der Waals surface area contributed by atoms with Crippen molar-refractivity contribution in [2.75, 3.05) is 6.54 Å². The van der Waals surface area contributed by atoms with Crippen molar-refractivity contribution in [2.24, 2.45) is 10.4 Å². The number of halogens is 4. The highest BCUT2D eigenvalue weighted by Crippen LogP contribution is 2.35. The van der Waals surface area contributed by atoms with Gasteiger partial charge in [-0.15, -0.1) is 0 Å². The molecule has 1 aromatic rings. The molecular weight excluding hydrogens is 303 g/mol. The number of nitrogens with zero attached hydrogens (tertiary/aromatic N) is 1. The number of hydrogen-bond donors (Lipinski definition) is 0. The van der Waals surface area contributed by atoms with Crippen LogP contribution < -0.4 is 0 Å². The van der Waals surface area contributed by atoms with Crippen LogP contribution in [-0.2, 0) is 17.4 Å². The van der Waals surface area contributed by atoms with E-state index in [4.69, 9.17) is 11.6 Å². The fourth-order valence-electron chi connectivity index (χ4n) is 1.60. The molecule has 0 saturated carbocycles. The van der Waals surface area contributed by atoms with Crippen LogP contribution in [0.25, 0.3) is 0 Å². The predicted octanol–water partition coefficient (Wildman–Crippen LogP) is 4.59. The number of benzene rings is 1. The van der Waals surface area contributed by atoms with E-state index in [9.17, 15) is 18.0 Å². The van der Waals surface area contributed by atoms with E-state index in [1.54, 1.807) is 6.21 Å². The Balaban J connectivity index is 2.76. The zero-order chi connectivity index (χ0) is 16.3. The maximum absolute atomic E-state index is 12.7. The van der Waals surface area contributed by atoms with Gasteiger partial charge in [0.05, 0.1) is 17.1 Å². The first-order valence-corrected chi connectivity index (χ1v) is 6.75. The summed E-state index contributed by atoms with van der Waals surface area (Å²) in [6.45, 7) is 5.78. The molecule has 21 heavy (non-hydrogen) atoms. The summed E-state index contributed by atoms with van der Waals surface area (Å²) in [7, 11) is 0. The molecule has 0 aliphatic rings. The van der Waals surface area contributed by atoms with Gasteiger partial charge in [-0.1, -0.05) is 38.4 Å². The van der Waals surface area contributed by atoms with Gasteiger partial charge in [-0.3, -0.25) is 9.79 Å². The van der Waals surface area contributed by atoms with E-state index in [-0.39, 0.29) is 34.7 Å². The van der Waals surface area contributed by atoms with E-state index in [1.165, 1.54) is 6.07 Å². The Morgan fingerprint density at radius 3 is 2.43 bits per heavy atom. The van der Waals surface area contributed by atoms with Gasteiger partial charge in [0.15, 0.2) is 5.78 Å². The lowest BCUT2D eigenvalue weighted by atomic mass is 9.99. The standard InChI is InChI=1S/C15H17ClF3NO/c1-14(2,3)9-20-8-11(21)6-10-4-5-13(16)12(7-10)15(17,18)19/h4-5,7,9H,6,8H2,1-3H3. The van der Waals surface area contributed by atoms with Crippen LogP contribution in [0.1, 0.15) is 31.9 Å². The first kappa shape index (κ1) is 17.7. The van der Waals surface area contributed by atoms with Crippen molar-refractivity contribution in [3.8, 4) is 0 Å². The minimum Gasteiger partial charge on any atom is -0.297 e. The molecule has 0 heterocycles. The van der Waals surface area contributed by atoms with Crippen LogP contribution in [-0.4, -0.2) is 18.5 Å². The van der Waals surface area contributed by atoms with E-state index in [2.05, 4.69) is 4.99 Å². The van der Waals surface area contributed by atoms with Gasteiger partial charge in [0.1, 0.15) is 0 Å². The van der Waals surface area contributed by atoms with Gasteiger partial charge >= 0.3 is 6.18 Å². The highest BCUT2D eigenvalue weighted by atomic mass is 35.5. The molecule has 1 rings (SSSR count). The molecule has 1 aromatic carbocycles. The molecule has 2 nitrogen and oxygen atoms in total. The number of carbonyl (C=O) groups excluding carboxylic acids is 1. The summed E-state index contributed by atoms with van der Waals surface area (Å²) < 4.78 is 38.1. The first-order valence-electron chi connectivity index (χ1n) is 6.37. The molecule has 0 unspecified atom stereocenters. The van der Waals surface area contributed by atoms with Crippen LogP contribution in [0.5, 0.6) is 0 Å². The van der Waals surface area contributed by atoms with Crippen LogP contribution in [0.15, 0.2) is 23.2 Å². The van der Waals surface area contributed by atoms with Crippen LogP contribution in [0, 0.1) is 5.41 Å². The van der Waals surface area contributed by atoms with E-state index >= 15 is 0 Å². The van der Waals surface area contributed by atoms with Crippen molar-refractivity contribution >= 4 is 23.6 Å². The van der Waals surface area contributed by atoms with Crippen molar-refractivity contribution in [3.05, 3.63) is 34.3 Å².